The lowest BCUT2D eigenvalue weighted by atomic mass is 10.2. The summed E-state index contributed by atoms with van der Waals surface area (Å²) in [5.41, 5.74) is -0.586. The summed E-state index contributed by atoms with van der Waals surface area (Å²) in [5, 5.41) is 5.08. The quantitative estimate of drug-likeness (QED) is 0.702. The van der Waals surface area contributed by atoms with E-state index in [1.165, 1.54) is 0 Å². The predicted molar refractivity (Wildman–Crippen MR) is 64.6 cm³/mol. The Kier molecular flexibility index (Phi) is 4.32. The van der Waals surface area contributed by atoms with E-state index >= 15 is 0 Å². The van der Waals surface area contributed by atoms with Crippen molar-refractivity contribution in [2.45, 2.75) is 58.2 Å². The molecule has 18 heavy (non-hydrogen) atoms. The molecular formula is C12H20N2O4. The summed E-state index contributed by atoms with van der Waals surface area (Å²) in [6.45, 7) is 6.84. The van der Waals surface area contributed by atoms with Crippen LogP contribution in [0.5, 0.6) is 0 Å². The van der Waals surface area contributed by atoms with Gasteiger partial charge in [0.1, 0.15) is 17.7 Å². The number of amides is 2. The summed E-state index contributed by atoms with van der Waals surface area (Å²) >= 11 is 0. The van der Waals surface area contributed by atoms with Gasteiger partial charge >= 0.3 is 5.97 Å². The molecule has 6 nitrogen and oxygen atoms in total. The second kappa shape index (κ2) is 5.37. The van der Waals surface area contributed by atoms with Gasteiger partial charge in [0.15, 0.2) is 0 Å². The zero-order valence-electron chi connectivity index (χ0n) is 11.2. The maximum Gasteiger partial charge on any atom is 0.328 e. The van der Waals surface area contributed by atoms with Gasteiger partial charge in [0.25, 0.3) is 0 Å². The molecule has 102 valence electrons. The SMILES string of the molecule is C[C@H](NC(=O)[C@H]1CCC(=O)N1)C(=O)OC(C)(C)C. The molecule has 1 aliphatic heterocycles. The fourth-order valence-electron chi connectivity index (χ4n) is 1.57. The summed E-state index contributed by atoms with van der Waals surface area (Å²) in [6, 6.07) is -1.27. The van der Waals surface area contributed by atoms with Crippen LogP contribution in [0.25, 0.3) is 0 Å². The molecule has 0 bridgehead atoms. The maximum atomic E-state index is 11.7. The first-order valence-corrected chi connectivity index (χ1v) is 6.01. The summed E-state index contributed by atoms with van der Waals surface area (Å²) in [7, 11) is 0. The average molecular weight is 256 g/mol. The van der Waals surface area contributed by atoms with E-state index < -0.39 is 23.7 Å². The lowest BCUT2D eigenvalue weighted by Gasteiger charge is -2.23. The molecule has 0 spiro atoms. The number of carbonyl (C=O) groups excluding carboxylic acids is 3. The van der Waals surface area contributed by atoms with E-state index in [1.807, 2.05) is 0 Å². The van der Waals surface area contributed by atoms with Crippen LogP contribution in [0.2, 0.25) is 0 Å². The van der Waals surface area contributed by atoms with Gasteiger partial charge in [-0.05, 0) is 34.1 Å². The highest BCUT2D eigenvalue weighted by Gasteiger charge is 2.30. The molecule has 2 N–H and O–H groups in total. The minimum atomic E-state index is -0.728. The molecule has 1 heterocycles. The number of nitrogens with one attached hydrogen (secondary N) is 2. The highest BCUT2D eigenvalue weighted by Crippen LogP contribution is 2.09. The Hall–Kier alpha value is -1.59. The van der Waals surface area contributed by atoms with Gasteiger partial charge in [0.2, 0.25) is 11.8 Å². The summed E-state index contributed by atoms with van der Waals surface area (Å²) in [6.07, 6.45) is 0.810. The minimum Gasteiger partial charge on any atom is -0.458 e. The Bertz CT molecular complexity index is 360. The fourth-order valence-corrected chi connectivity index (χ4v) is 1.57. The molecule has 0 aromatic heterocycles. The second-order valence-electron chi connectivity index (χ2n) is 5.42. The summed E-state index contributed by atoms with van der Waals surface area (Å²) in [5.74, 6) is -0.973. The van der Waals surface area contributed by atoms with Crippen molar-refractivity contribution >= 4 is 17.8 Å². The van der Waals surface area contributed by atoms with Crippen molar-refractivity contribution in [3.05, 3.63) is 0 Å². The monoisotopic (exact) mass is 256 g/mol. The molecule has 0 unspecified atom stereocenters. The molecule has 0 aromatic rings. The van der Waals surface area contributed by atoms with E-state index in [-0.39, 0.29) is 11.8 Å². The first-order valence-electron chi connectivity index (χ1n) is 6.01. The number of hydrogen-bond donors (Lipinski definition) is 2. The molecule has 1 aliphatic rings. The third-order valence-corrected chi connectivity index (χ3v) is 2.43. The largest absolute Gasteiger partial charge is 0.458 e. The normalized spacial score (nSPS) is 21.1. The Morgan fingerprint density at radius 1 is 1.44 bits per heavy atom. The molecule has 1 rings (SSSR count). The van der Waals surface area contributed by atoms with Crippen molar-refractivity contribution in [3.8, 4) is 0 Å². The summed E-state index contributed by atoms with van der Waals surface area (Å²) < 4.78 is 5.14. The molecular weight excluding hydrogens is 236 g/mol. The van der Waals surface area contributed by atoms with Gasteiger partial charge in [0.05, 0.1) is 0 Å². The van der Waals surface area contributed by atoms with Gasteiger partial charge in [-0.2, -0.15) is 0 Å². The zero-order chi connectivity index (χ0) is 13.9. The molecule has 2 atom stereocenters. The standard InChI is InChI=1S/C12H20N2O4/c1-7(11(17)18-12(2,3)4)13-10(16)8-5-6-9(15)14-8/h7-8H,5-6H2,1-4H3,(H,13,16)(H,14,15)/t7-,8+/m0/s1. The van der Waals surface area contributed by atoms with Crippen molar-refractivity contribution in [2.24, 2.45) is 0 Å². The van der Waals surface area contributed by atoms with Crippen LogP contribution < -0.4 is 10.6 Å². The van der Waals surface area contributed by atoms with Gasteiger partial charge in [-0.15, -0.1) is 0 Å². The second-order valence-corrected chi connectivity index (χ2v) is 5.42. The van der Waals surface area contributed by atoms with Crippen molar-refractivity contribution in [1.82, 2.24) is 10.6 Å². The maximum absolute atomic E-state index is 11.7. The molecule has 1 saturated heterocycles. The lowest BCUT2D eigenvalue weighted by molar-refractivity contribution is -0.158. The topological polar surface area (TPSA) is 84.5 Å². The van der Waals surface area contributed by atoms with E-state index in [1.54, 1.807) is 27.7 Å². The number of ether oxygens (including phenoxy) is 1. The van der Waals surface area contributed by atoms with Gasteiger partial charge in [-0.1, -0.05) is 0 Å². The smallest absolute Gasteiger partial charge is 0.328 e. The molecule has 2 amide bonds. The minimum absolute atomic E-state index is 0.139. The number of esters is 1. The lowest BCUT2D eigenvalue weighted by Crippen LogP contribution is -2.48. The first-order chi connectivity index (χ1) is 8.19. The Balaban J connectivity index is 2.44. The van der Waals surface area contributed by atoms with Crippen LogP contribution in [-0.2, 0) is 19.1 Å². The predicted octanol–water partition coefficient (Wildman–Crippen LogP) is 0.111. The number of hydrogen-bond acceptors (Lipinski definition) is 4. The Morgan fingerprint density at radius 2 is 2.06 bits per heavy atom. The van der Waals surface area contributed by atoms with E-state index in [2.05, 4.69) is 10.6 Å². The van der Waals surface area contributed by atoms with Crippen LogP contribution in [0, 0.1) is 0 Å². The first kappa shape index (κ1) is 14.5. The van der Waals surface area contributed by atoms with E-state index in [0.717, 1.165) is 0 Å². The molecule has 0 aliphatic carbocycles. The zero-order valence-corrected chi connectivity index (χ0v) is 11.2. The fraction of sp³-hybridized carbons (Fsp3) is 0.750. The highest BCUT2D eigenvalue weighted by molar-refractivity contribution is 5.92. The van der Waals surface area contributed by atoms with Gasteiger partial charge in [0, 0.05) is 6.42 Å². The average Bonchev–Trinajstić information content (AvgIpc) is 2.62. The molecule has 0 radical (unpaired) electrons. The molecule has 1 fully saturated rings. The Labute approximate surface area is 106 Å². The number of rotatable bonds is 3. The third kappa shape index (κ3) is 4.35. The molecule has 6 heteroatoms. The van der Waals surface area contributed by atoms with Gasteiger partial charge in [-0.25, -0.2) is 4.79 Å². The molecule has 0 saturated carbocycles. The van der Waals surface area contributed by atoms with Crippen molar-refractivity contribution in [2.75, 3.05) is 0 Å². The van der Waals surface area contributed by atoms with Crippen LogP contribution in [0.15, 0.2) is 0 Å². The number of carbonyl (C=O) groups is 3. The van der Waals surface area contributed by atoms with Crippen LogP contribution >= 0.6 is 0 Å². The van der Waals surface area contributed by atoms with Crippen molar-refractivity contribution in [1.29, 1.82) is 0 Å². The van der Waals surface area contributed by atoms with Crippen LogP contribution in [0.1, 0.15) is 40.5 Å². The van der Waals surface area contributed by atoms with Gasteiger partial charge < -0.3 is 15.4 Å². The summed E-state index contributed by atoms with van der Waals surface area (Å²) in [4.78, 5) is 34.4. The highest BCUT2D eigenvalue weighted by atomic mass is 16.6. The van der Waals surface area contributed by atoms with E-state index in [4.69, 9.17) is 4.74 Å². The van der Waals surface area contributed by atoms with Crippen molar-refractivity contribution in [3.63, 3.8) is 0 Å². The van der Waals surface area contributed by atoms with E-state index in [9.17, 15) is 14.4 Å². The van der Waals surface area contributed by atoms with Gasteiger partial charge in [-0.3, -0.25) is 9.59 Å². The van der Waals surface area contributed by atoms with Crippen LogP contribution in [0.4, 0.5) is 0 Å². The Morgan fingerprint density at radius 3 is 2.50 bits per heavy atom. The molecule has 0 aromatic carbocycles. The van der Waals surface area contributed by atoms with Crippen molar-refractivity contribution < 1.29 is 19.1 Å². The third-order valence-electron chi connectivity index (χ3n) is 2.43. The van der Waals surface area contributed by atoms with Crippen LogP contribution in [-0.4, -0.2) is 35.5 Å². The van der Waals surface area contributed by atoms with E-state index in [0.29, 0.717) is 12.8 Å². The van der Waals surface area contributed by atoms with Crippen LogP contribution in [0.3, 0.4) is 0 Å².